The molecule has 54 valence electrons. The molecule has 1 unspecified atom stereocenters. The van der Waals surface area contributed by atoms with Crippen molar-refractivity contribution >= 4 is 28.4 Å². The first-order chi connectivity index (χ1) is 4.51. The predicted octanol–water partition coefficient (Wildman–Crippen LogP) is 0.332. The summed E-state index contributed by atoms with van der Waals surface area (Å²) in [6, 6.07) is 0. The lowest BCUT2D eigenvalue weighted by atomic mass is 11.0. The van der Waals surface area contributed by atoms with Crippen LogP contribution in [0.3, 0.4) is 0 Å². The van der Waals surface area contributed by atoms with Crippen molar-refractivity contribution in [3.63, 3.8) is 0 Å². The van der Waals surface area contributed by atoms with Gasteiger partial charge in [-0.15, -0.1) is 0 Å². The lowest BCUT2D eigenvalue weighted by Crippen LogP contribution is -2.20. The number of nitro groups is 1. The molecule has 7 heteroatoms. The molecule has 1 rings (SSSR count). The van der Waals surface area contributed by atoms with Crippen LogP contribution in [0.15, 0.2) is 10.1 Å². The average molecular weight is 208 g/mol. The van der Waals surface area contributed by atoms with Crippen LogP contribution in [-0.4, -0.2) is 27.9 Å². The molecule has 0 aliphatic carbocycles. The van der Waals surface area contributed by atoms with Crippen LogP contribution in [0, 0.1) is 10.1 Å². The van der Waals surface area contributed by atoms with Crippen molar-refractivity contribution < 1.29 is 8.54 Å². The smallest absolute Gasteiger partial charge is 0.390 e. The van der Waals surface area contributed by atoms with E-state index in [1.165, 1.54) is 6.34 Å². The second kappa shape index (κ2) is 2.10. The minimum Gasteiger partial charge on any atom is -0.390 e. The first kappa shape index (κ1) is 7.29. The number of rotatable bonds is 0. The Morgan fingerprint density at radius 3 is 2.70 bits per heavy atom. The Kier molecular flexibility index (Phi) is 1.53. The molecule has 0 aromatic carbocycles. The standard InChI is InChI=1S/C3H4BrN4O2/c1-8(4)2-5-3(6-8)7(9)10/h2H,1H3/q+1. The molecule has 0 fully saturated rings. The van der Waals surface area contributed by atoms with E-state index in [0.29, 0.717) is 0 Å². The number of hydrogen-bond donors (Lipinski definition) is 0. The minimum atomic E-state index is -0.638. The maximum atomic E-state index is 10.0. The number of nitrogens with zero attached hydrogens (tertiary/aromatic N) is 4. The van der Waals surface area contributed by atoms with E-state index >= 15 is 0 Å². The van der Waals surface area contributed by atoms with Crippen LogP contribution < -0.4 is 0 Å². The van der Waals surface area contributed by atoms with E-state index in [0.717, 1.165) is 0 Å². The summed E-state index contributed by atoms with van der Waals surface area (Å²) >= 11 is 3.05. The molecule has 0 aromatic heterocycles. The van der Waals surface area contributed by atoms with E-state index in [-0.39, 0.29) is 9.58 Å². The van der Waals surface area contributed by atoms with E-state index in [2.05, 4.69) is 26.2 Å². The summed E-state index contributed by atoms with van der Waals surface area (Å²) in [4.78, 5) is 12.8. The number of hydrogen-bond acceptors (Lipinski definition) is 4. The zero-order valence-corrected chi connectivity index (χ0v) is 6.65. The van der Waals surface area contributed by atoms with E-state index in [1.807, 2.05) is 0 Å². The van der Waals surface area contributed by atoms with Crippen molar-refractivity contribution in [2.24, 2.45) is 10.1 Å². The fourth-order valence-corrected chi connectivity index (χ4v) is 0.701. The second-order valence-corrected chi connectivity index (χ2v) is 3.25. The molecular weight excluding hydrogens is 204 g/mol. The number of guanidine groups is 1. The largest absolute Gasteiger partial charge is 0.527 e. The van der Waals surface area contributed by atoms with Crippen LogP contribution in [0.5, 0.6) is 0 Å². The molecule has 0 N–H and O–H groups in total. The molecule has 0 saturated heterocycles. The minimum absolute atomic E-state index is 0.0939. The van der Waals surface area contributed by atoms with Gasteiger partial charge in [0.15, 0.2) is 0 Å². The molecule has 0 saturated carbocycles. The van der Waals surface area contributed by atoms with Crippen molar-refractivity contribution in [1.29, 1.82) is 0 Å². The van der Waals surface area contributed by atoms with Crippen molar-refractivity contribution in [1.82, 2.24) is 0 Å². The third-order valence-electron chi connectivity index (χ3n) is 0.832. The molecule has 0 amide bonds. The van der Waals surface area contributed by atoms with Gasteiger partial charge in [0.1, 0.15) is 12.1 Å². The zero-order chi connectivity index (χ0) is 7.78. The van der Waals surface area contributed by atoms with Gasteiger partial charge in [0.25, 0.3) is 16.1 Å². The molecule has 0 radical (unpaired) electrons. The van der Waals surface area contributed by atoms with Crippen LogP contribution >= 0.6 is 16.1 Å². The van der Waals surface area contributed by atoms with Crippen molar-refractivity contribution in [3.8, 4) is 0 Å². The highest BCUT2D eigenvalue weighted by molar-refractivity contribution is 9.05. The van der Waals surface area contributed by atoms with Gasteiger partial charge in [-0.25, -0.2) is 0 Å². The lowest BCUT2D eigenvalue weighted by molar-refractivity contribution is -0.654. The molecule has 10 heavy (non-hydrogen) atoms. The molecule has 0 aromatic rings. The van der Waals surface area contributed by atoms with Crippen molar-refractivity contribution in [3.05, 3.63) is 10.1 Å². The second-order valence-electron chi connectivity index (χ2n) is 1.82. The zero-order valence-electron chi connectivity index (χ0n) is 5.06. The first-order valence-electron chi connectivity index (χ1n) is 2.37. The summed E-state index contributed by atoms with van der Waals surface area (Å²) < 4.78 is -0.0939. The molecule has 6 nitrogen and oxygen atoms in total. The van der Waals surface area contributed by atoms with Crippen LogP contribution in [0.1, 0.15) is 0 Å². The molecule has 0 bridgehead atoms. The fraction of sp³-hybridized carbons (Fsp3) is 0.333. The maximum absolute atomic E-state index is 10.0. The highest BCUT2D eigenvalue weighted by Gasteiger charge is 2.35. The Morgan fingerprint density at radius 2 is 2.50 bits per heavy atom. The summed E-state index contributed by atoms with van der Waals surface area (Å²) in [5, 5.41) is 13.6. The Morgan fingerprint density at radius 1 is 1.90 bits per heavy atom. The summed E-state index contributed by atoms with van der Waals surface area (Å²) in [6.45, 7) is 0. The number of quaternary nitrogens is 1. The highest BCUT2D eigenvalue weighted by Crippen LogP contribution is 2.13. The average Bonchev–Trinajstić information content (AvgIpc) is 2.10. The van der Waals surface area contributed by atoms with Crippen LogP contribution in [0.4, 0.5) is 0 Å². The third kappa shape index (κ3) is 1.36. The monoisotopic (exact) mass is 207 g/mol. The Bertz CT molecular complexity index is 233. The summed E-state index contributed by atoms with van der Waals surface area (Å²) in [7, 11) is 1.61. The molecule has 1 aliphatic heterocycles. The third-order valence-corrected chi connectivity index (χ3v) is 1.17. The van der Waals surface area contributed by atoms with Crippen LogP contribution in [0.25, 0.3) is 0 Å². The fourth-order valence-electron chi connectivity index (χ4n) is 0.467. The van der Waals surface area contributed by atoms with E-state index in [9.17, 15) is 10.1 Å². The van der Waals surface area contributed by atoms with Gasteiger partial charge >= 0.3 is 12.3 Å². The molecule has 1 atom stereocenters. The lowest BCUT2D eigenvalue weighted by Gasteiger charge is -1.96. The van der Waals surface area contributed by atoms with Gasteiger partial charge in [0, 0.05) is 0 Å². The first-order valence-corrected chi connectivity index (χ1v) is 3.08. The van der Waals surface area contributed by atoms with Crippen molar-refractivity contribution in [2.45, 2.75) is 0 Å². The van der Waals surface area contributed by atoms with Gasteiger partial charge in [-0.05, 0) is 13.5 Å². The van der Waals surface area contributed by atoms with Gasteiger partial charge in [0.05, 0.1) is 0 Å². The van der Waals surface area contributed by atoms with Crippen LogP contribution in [-0.2, 0) is 0 Å². The molecule has 1 aliphatic rings. The van der Waals surface area contributed by atoms with E-state index in [4.69, 9.17) is 0 Å². The highest BCUT2D eigenvalue weighted by atomic mass is 79.9. The summed E-state index contributed by atoms with van der Waals surface area (Å²) in [5.41, 5.74) is 0. The number of halogens is 1. The molecule has 0 spiro atoms. The summed E-state index contributed by atoms with van der Waals surface area (Å²) in [5.74, 6) is -0.376. The summed E-state index contributed by atoms with van der Waals surface area (Å²) in [6.07, 6.45) is 1.32. The van der Waals surface area contributed by atoms with Gasteiger partial charge in [-0.1, -0.05) is 0 Å². The molecular formula is C3H4BrN4O2+. The van der Waals surface area contributed by atoms with E-state index in [1.54, 1.807) is 7.05 Å². The number of aliphatic imine (C=N–C) groups is 1. The van der Waals surface area contributed by atoms with Gasteiger partial charge < -0.3 is 10.1 Å². The quantitative estimate of drug-likeness (QED) is 0.327. The van der Waals surface area contributed by atoms with Crippen molar-refractivity contribution in [2.75, 3.05) is 7.05 Å². The maximum Gasteiger partial charge on any atom is 0.527 e. The normalized spacial score (nSPS) is 30.4. The van der Waals surface area contributed by atoms with E-state index < -0.39 is 4.92 Å². The predicted molar refractivity (Wildman–Crippen MR) is 38.0 cm³/mol. The van der Waals surface area contributed by atoms with Gasteiger partial charge in [-0.2, -0.15) is 0 Å². The Balaban J connectivity index is 2.88. The van der Waals surface area contributed by atoms with Gasteiger partial charge in [0.2, 0.25) is 0 Å². The SMILES string of the molecule is C[N+]1(Br)C=NC([N+](=O)[O-])=N1. The topological polar surface area (TPSA) is 67.9 Å². The van der Waals surface area contributed by atoms with Crippen LogP contribution in [0.2, 0.25) is 0 Å². The molecule has 1 heterocycles. The Hall–Kier alpha value is -0.820. The van der Waals surface area contributed by atoms with Gasteiger partial charge in [-0.3, -0.25) is 0 Å². The Labute approximate surface area is 64.9 Å².